The lowest BCUT2D eigenvalue weighted by molar-refractivity contribution is -0.143. The Morgan fingerprint density at radius 2 is 2.11 bits per heavy atom. The standard InChI is InChI=1S/C11H15N5O3/c1-3-18-8(17)5-15-6-13-9-10(12)16(19-4-2)7-14-11(9)15/h6-7,12H,3-5H2,1-2H3. The van der Waals surface area contributed by atoms with Crippen LogP contribution in [0.25, 0.3) is 11.2 Å². The SMILES string of the molecule is CCOC(=O)Cn1cnc2c(=N)n(OCC)cnc21. The predicted octanol–water partition coefficient (Wildman–Crippen LogP) is -0.276. The van der Waals surface area contributed by atoms with Crippen LogP contribution in [0.15, 0.2) is 12.7 Å². The van der Waals surface area contributed by atoms with Crippen molar-refractivity contribution in [3.05, 3.63) is 18.1 Å². The van der Waals surface area contributed by atoms with Crippen LogP contribution in [0.2, 0.25) is 0 Å². The van der Waals surface area contributed by atoms with Crippen molar-refractivity contribution in [1.29, 1.82) is 5.41 Å². The fraction of sp³-hybridized carbons (Fsp3) is 0.455. The molecule has 2 aromatic rings. The fourth-order valence-electron chi connectivity index (χ4n) is 1.65. The zero-order valence-corrected chi connectivity index (χ0v) is 10.8. The molecule has 0 radical (unpaired) electrons. The number of nitrogens with one attached hydrogen (secondary N) is 1. The molecule has 2 aromatic heterocycles. The zero-order valence-electron chi connectivity index (χ0n) is 10.8. The van der Waals surface area contributed by atoms with Gasteiger partial charge in [0.1, 0.15) is 19.5 Å². The van der Waals surface area contributed by atoms with E-state index in [4.69, 9.17) is 15.0 Å². The van der Waals surface area contributed by atoms with Gasteiger partial charge in [-0.25, -0.2) is 9.97 Å². The monoisotopic (exact) mass is 265 g/mol. The number of esters is 1. The van der Waals surface area contributed by atoms with Gasteiger partial charge >= 0.3 is 5.97 Å². The number of carbonyl (C=O) groups excluding carboxylic acids is 1. The Balaban J connectivity index is 2.36. The maximum absolute atomic E-state index is 11.4. The molecule has 19 heavy (non-hydrogen) atoms. The van der Waals surface area contributed by atoms with Crippen LogP contribution in [0.4, 0.5) is 0 Å². The summed E-state index contributed by atoms with van der Waals surface area (Å²) in [6, 6.07) is 0. The van der Waals surface area contributed by atoms with Gasteiger partial charge in [-0.15, -0.1) is 0 Å². The number of carbonyl (C=O) groups is 1. The minimum Gasteiger partial charge on any atom is -0.465 e. The number of hydrogen-bond donors (Lipinski definition) is 1. The van der Waals surface area contributed by atoms with Crippen LogP contribution in [-0.4, -0.2) is 38.4 Å². The molecule has 0 saturated carbocycles. The van der Waals surface area contributed by atoms with Crippen LogP contribution in [0.1, 0.15) is 13.8 Å². The van der Waals surface area contributed by atoms with Crippen molar-refractivity contribution in [3.8, 4) is 0 Å². The van der Waals surface area contributed by atoms with Gasteiger partial charge < -0.3 is 14.1 Å². The molecular weight excluding hydrogens is 250 g/mol. The summed E-state index contributed by atoms with van der Waals surface area (Å²) < 4.78 is 7.65. The Morgan fingerprint density at radius 3 is 2.79 bits per heavy atom. The highest BCUT2D eigenvalue weighted by molar-refractivity contribution is 5.74. The quantitative estimate of drug-likeness (QED) is 0.750. The van der Waals surface area contributed by atoms with Crippen LogP contribution in [-0.2, 0) is 16.1 Å². The number of nitrogens with zero attached hydrogens (tertiary/aromatic N) is 4. The molecule has 0 saturated heterocycles. The van der Waals surface area contributed by atoms with E-state index in [0.29, 0.717) is 24.4 Å². The second kappa shape index (κ2) is 5.51. The second-order valence-corrected chi connectivity index (χ2v) is 3.69. The Morgan fingerprint density at radius 1 is 1.32 bits per heavy atom. The minimum atomic E-state index is -0.364. The molecule has 0 bridgehead atoms. The Labute approximate surface area is 109 Å². The molecule has 8 nitrogen and oxygen atoms in total. The normalized spacial score (nSPS) is 10.6. The molecule has 0 fully saturated rings. The maximum Gasteiger partial charge on any atom is 0.326 e. The van der Waals surface area contributed by atoms with Gasteiger partial charge in [-0.1, -0.05) is 0 Å². The molecule has 0 aliphatic heterocycles. The number of rotatable bonds is 5. The molecule has 0 aromatic carbocycles. The number of imidazole rings is 1. The van der Waals surface area contributed by atoms with Crippen molar-refractivity contribution in [2.45, 2.75) is 20.4 Å². The average Bonchev–Trinajstić information content (AvgIpc) is 2.77. The Bertz CT molecular complexity index is 645. The first-order valence-corrected chi connectivity index (χ1v) is 5.93. The van der Waals surface area contributed by atoms with Crippen molar-refractivity contribution < 1.29 is 14.4 Å². The zero-order chi connectivity index (χ0) is 13.8. The number of aromatic nitrogens is 4. The maximum atomic E-state index is 11.4. The summed E-state index contributed by atoms with van der Waals surface area (Å²) in [5.41, 5.74) is 0.920. The molecule has 2 rings (SSSR count). The van der Waals surface area contributed by atoms with Gasteiger partial charge in [0.15, 0.2) is 16.7 Å². The lowest BCUT2D eigenvalue weighted by Gasteiger charge is -2.07. The average molecular weight is 265 g/mol. The fourth-order valence-corrected chi connectivity index (χ4v) is 1.65. The van der Waals surface area contributed by atoms with Gasteiger partial charge in [-0.05, 0) is 13.8 Å². The van der Waals surface area contributed by atoms with Gasteiger partial charge in [0.25, 0.3) is 0 Å². The summed E-state index contributed by atoms with van der Waals surface area (Å²) in [6.45, 7) is 4.33. The van der Waals surface area contributed by atoms with E-state index in [2.05, 4.69) is 9.97 Å². The largest absolute Gasteiger partial charge is 0.465 e. The van der Waals surface area contributed by atoms with Crippen LogP contribution < -0.4 is 10.3 Å². The van der Waals surface area contributed by atoms with Gasteiger partial charge in [-0.2, -0.15) is 4.73 Å². The third-order valence-electron chi connectivity index (χ3n) is 2.41. The van der Waals surface area contributed by atoms with E-state index in [1.54, 1.807) is 11.5 Å². The molecule has 8 heteroatoms. The lowest BCUT2D eigenvalue weighted by Crippen LogP contribution is -2.27. The van der Waals surface area contributed by atoms with Crippen molar-refractivity contribution in [2.75, 3.05) is 13.2 Å². The second-order valence-electron chi connectivity index (χ2n) is 3.69. The number of fused-ring (bicyclic) bond motifs is 1. The molecule has 0 aliphatic rings. The third-order valence-corrected chi connectivity index (χ3v) is 2.41. The summed E-state index contributed by atoms with van der Waals surface area (Å²) in [4.78, 5) is 24.9. The highest BCUT2D eigenvalue weighted by Gasteiger charge is 2.11. The van der Waals surface area contributed by atoms with E-state index < -0.39 is 0 Å². The van der Waals surface area contributed by atoms with Gasteiger partial charge in [0.05, 0.1) is 12.9 Å². The number of hydrogen-bond acceptors (Lipinski definition) is 6. The van der Waals surface area contributed by atoms with Crippen LogP contribution >= 0.6 is 0 Å². The molecule has 0 amide bonds. The van der Waals surface area contributed by atoms with E-state index in [0.717, 1.165) is 0 Å². The Hall–Kier alpha value is -2.38. The molecule has 0 unspecified atom stereocenters. The van der Waals surface area contributed by atoms with Crippen molar-refractivity contribution >= 4 is 17.1 Å². The van der Waals surface area contributed by atoms with Gasteiger partial charge in [0, 0.05) is 0 Å². The first-order chi connectivity index (χ1) is 9.17. The Kier molecular flexibility index (Phi) is 3.79. The van der Waals surface area contributed by atoms with E-state index in [-0.39, 0.29) is 18.0 Å². The van der Waals surface area contributed by atoms with E-state index >= 15 is 0 Å². The minimum absolute atomic E-state index is 0.0232. The first kappa shape index (κ1) is 13.1. The number of ether oxygens (including phenoxy) is 1. The highest BCUT2D eigenvalue weighted by atomic mass is 16.7. The summed E-state index contributed by atoms with van der Waals surface area (Å²) in [7, 11) is 0. The van der Waals surface area contributed by atoms with E-state index in [1.165, 1.54) is 17.4 Å². The van der Waals surface area contributed by atoms with Crippen LogP contribution in [0.5, 0.6) is 0 Å². The molecule has 102 valence electrons. The molecular formula is C11H15N5O3. The molecule has 1 N–H and O–H groups in total. The highest BCUT2D eigenvalue weighted by Crippen LogP contribution is 2.04. The van der Waals surface area contributed by atoms with Gasteiger partial charge in [0.2, 0.25) is 0 Å². The molecule has 0 atom stereocenters. The van der Waals surface area contributed by atoms with Gasteiger partial charge in [-0.3, -0.25) is 10.2 Å². The summed E-state index contributed by atoms with van der Waals surface area (Å²) in [5, 5.41) is 7.93. The molecule has 0 spiro atoms. The predicted molar refractivity (Wildman–Crippen MR) is 65.1 cm³/mol. The van der Waals surface area contributed by atoms with Crippen LogP contribution in [0.3, 0.4) is 0 Å². The smallest absolute Gasteiger partial charge is 0.326 e. The topological polar surface area (TPSA) is 95.0 Å². The van der Waals surface area contributed by atoms with Crippen molar-refractivity contribution in [2.24, 2.45) is 0 Å². The summed E-state index contributed by atoms with van der Waals surface area (Å²) >= 11 is 0. The third kappa shape index (κ3) is 2.56. The van der Waals surface area contributed by atoms with Crippen LogP contribution in [0, 0.1) is 5.41 Å². The first-order valence-electron chi connectivity index (χ1n) is 5.93. The van der Waals surface area contributed by atoms with E-state index in [9.17, 15) is 4.79 Å². The lowest BCUT2D eigenvalue weighted by atomic mass is 10.5. The summed E-state index contributed by atoms with van der Waals surface area (Å²) in [5.74, 6) is -0.364. The molecule has 2 heterocycles. The van der Waals surface area contributed by atoms with Crippen molar-refractivity contribution in [1.82, 2.24) is 19.3 Å². The van der Waals surface area contributed by atoms with Crippen molar-refractivity contribution in [3.63, 3.8) is 0 Å². The summed E-state index contributed by atoms with van der Waals surface area (Å²) in [6.07, 6.45) is 2.85. The van der Waals surface area contributed by atoms with E-state index in [1.807, 2.05) is 6.92 Å². The molecule has 0 aliphatic carbocycles.